The van der Waals surface area contributed by atoms with Crippen molar-refractivity contribution in [3.05, 3.63) is 33.8 Å². The molecule has 136 valence electrons. The Morgan fingerprint density at radius 2 is 2.04 bits per heavy atom. The molecule has 1 saturated heterocycles. The molecular weight excluding hydrogens is 367 g/mol. The summed E-state index contributed by atoms with van der Waals surface area (Å²) in [6, 6.07) is 4.02. The predicted octanol–water partition coefficient (Wildman–Crippen LogP) is 2.62. The number of esters is 1. The molecule has 1 unspecified atom stereocenters. The van der Waals surface area contributed by atoms with Crippen LogP contribution < -0.4 is 0 Å². The van der Waals surface area contributed by atoms with Crippen molar-refractivity contribution < 1.29 is 19.1 Å². The molecule has 25 heavy (non-hydrogen) atoms. The summed E-state index contributed by atoms with van der Waals surface area (Å²) >= 11 is 12.0. The van der Waals surface area contributed by atoms with Crippen LogP contribution in [-0.4, -0.2) is 60.4 Å². The number of nitrogens with zero attached hydrogens (tertiary/aromatic N) is 2. The Hall–Kier alpha value is -1.79. The van der Waals surface area contributed by atoms with Crippen LogP contribution in [0.3, 0.4) is 0 Å². The first-order valence-corrected chi connectivity index (χ1v) is 8.77. The third-order valence-corrected chi connectivity index (χ3v) is 4.57. The second-order valence-electron chi connectivity index (χ2n) is 5.78. The zero-order valence-electron chi connectivity index (χ0n) is 14.1. The fourth-order valence-corrected chi connectivity index (χ4v) is 3.19. The number of hydrogen-bond acceptors (Lipinski definition) is 4. The number of amides is 2. The number of likely N-dealkylation sites (N-methyl/N-ethyl adjacent to an activating group) is 1. The van der Waals surface area contributed by atoms with Gasteiger partial charge in [0.1, 0.15) is 12.6 Å². The van der Waals surface area contributed by atoms with Crippen molar-refractivity contribution in [1.29, 1.82) is 0 Å². The summed E-state index contributed by atoms with van der Waals surface area (Å²) in [5.74, 6) is -1.11. The lowest BCUT2D eigenvalue weighted by Gasteiger charge is -2.28. The number of likely N-dealkylation sites (tertiary alicyclic amines) is 1. The van der Waals surface area contributed by atoms with Gasteiger partial charge in [0.25, 0.3) is 5.91 Å². The maximum Gasteiger partial charge on any atom is 0.325 e. The van der Waals surface area contributed by atoms with Crippen molar-refractivity contribution in [2.45, 2.75) is 25.8 Å². The van der Waals surface area contributed by atoms with E-state index in [2.05, 4.69) is 0 Å². The van der Waals surface area contributed by atoms with Gasteiger partial charge >= 0.3 is 5.97 Å². The van der Waals surface area contributed by atoms with Crippen LogP contribution in [0.4, 0.5) is 0 Å². The molecular formula is C17H20Cl2N2O4. The highest BCUT2D eigenvalue weighted by atomic mass is 35.5. The van der Waals surface area contributed by atoms with Gasteiger partial charge in [0.2, 0.25) is 5.91 Å². The van der Waals surface area contributed by atoms with Crippen LogP contribution in [0.1, 0.15) is 30.1 Å². The molecule has 0 radical (unpaired) electrons. The molecule has 0 saturated carbocycles. The Morgan fingerprint density at radius 1 is 1.32 bits per heavy atom. The van der Waals surface area contributed by atoms with Gasteiger partial charge in [-0.05, 0) is 38.0 Å². The van der Waals surface area contributed by atoms with E-state index in [1.165, 1.54) is 22.9 Å². The number of carbonyl (C=O) groups is 3. The molecule has 1 aromatic rings. The van der Waals surface area contributed by atoms with Gasteiger partial charge in [0.05, 0.1) is 17.2 Å². The van der Waals surface area contributed by atoms with Gasteiger partial charge in [-0.2, -0.15) is 0 Å². The Balaban J connectivity index is 2.13. The van der Waals surface area contributed by atoms with E-state index in [0.717, 1.165) is 0 Å². The lowest BCUT2D eigenvalue weighted by Crippen LogP contribution is -2.48. The van der Waals surface area contributed by atoms with E-state index in [4.69, 9.17) is 27.9 Å². The minimum atomic E-state index is -0.623. The topological polar surface area (TPSA) is 66.9 Å². The Labute approximate surface area is 156 Å². The lowest BCUT2D eigenvalue weighted by molar-refractivity contribution is -0.149. The van der Waals surface area contributed by atoms with Crippen molar-refractivity contribution in [1.82, 2.24) is 9.80 Å². The monoisotopic (exact) mass is 386 g/mol. The lowest BCUT2D eigenvalue weighted by atomic mass is 10.1. The SMILES string of the molecule is CCOC(=O)CN(C)C(=O)C1CCCN1C(=O)c1cc(Cl)ccc1Cl. The van der Waals surface area contributed by atoms with Crippen LogP contribution in [0.2, 0.25) is 10.0 Å². The molecule has 0 aliphatic carbocycles. The van der Waals surface area contributed by atoms with Crippen LogP contribution in [0.15, 0.2) is 18.2 Å². The van der Waals surface area contributed by atoms with Gasteiger partial charge in [-0.15, -0.1) is 0 Å². The number of ether oxygens (including phenoxy) is 1. The quantitative estimate of drug-likeness (QED) is 0.729. The van der Waals surface area contributed by atoms with Crippen LogP contribution in [0.5, 0.6) is 0 Å². The Kier molecular flexibility index (Phi) is 6.67. The van der Waals surface area contributed by atoms with E-state index in [1.807, 2.05) is 0 Å². The molecule has 8 heteroatoms. The van der Waals surface area contributed by atoms with Crippen molar-refractivity contribution in [3.8, 4) is 0 Å². The highest BCUT2D eigenvalue weighted by molar-refractivity contribution is 6.35. The number of rotatable bonds is 5. The fraction of sp³-hybridized carbons (Fsp3) is 0.471. The highest BCUT2D eigenvalue weighted by Crippen LogP contribution is 2.27. The maximum absolute atomic E-state index is 12.8. The summed E-state index contributed by atoms with van der Waals surface area (Å²) in [6.07, 6.45) is 1.24. The van der Waals surface area contributed by atoms with Gasteiger partial charge < -0.3 is 14.5 Å². The van der Waals surface area contributed by atoms with Gasteiger partial charge in [0, 0.05) is 18.6 Å². The van der Waals surface area contributed by atoms with Crippen molar-refractivity contribution >= 4 is 41.0 Å². The van der Waals surface area contributed by atoms with Crippen molar-refractivity contribution in [2.24, 2.45) is 0 Å². The molecule has 1 aromatic carbocycles. The third kappa shape index (κ3) is 4.64. The molecule has 0 bridgehead atoms. The molecule has 1 heterocycles. The summed E-state index contributed by atoms with van der Waals surface area (Å²) < 4.78 is 4.85. The zero-order valence-corrected chi connectivity index (χ0v) is 15.6. The van der Waals surface area contributed by atoms with E-state index >= 15 is 0 Å². The van der Waals surface area contributed by atoms with Crippen LogP contribution in [0.25, 0.3) is 0 Å². The molecule has 6 nitrogen and oxygen atoms in total. The summed E-state index contributed by atoms with van der Waals surface area (Å²) in [5, 5.41) is 0.682. The van der Waals surface area contributed by atoms with Crippen molar-refractivity contribution in [2.75, 3.05) is 26.7 Å². The normalized spacial score (nSPS) is 16.6. The van der Waals surface area contributed by atoms with Gasteiger partial charge in [-0.3, -0.25) is 14.4 Å². The van der Waals surface area contributed by atoms with Crippen LogP contribution in [0, 0.1) is 0 Å². The number of benzene rings is 1. The average molecular weight is 387 g/mol. The first kappa shape index (κ1) is 19.5. The molecule has 0 spiro atoms. The van der Waals surface area contributed by atoms with Gasteiger partial charge in [0.15, 0.2) is 0 Å². The molecule has 1 aliphatic heterocycles. The second kappa shape index (κ2) is 8.54. The minimum absolute atomic E-state index is 0.150. The minimum Gasteiger partial charge on any atom is -0.465 e. The summed E-state index contributed by atoms with van der Waals surface area (Å²) in [5.41, 5.74) is 0.266. The number of halogens is 2. The van der Waals surface area contributed by atoms with E-state index in [0.29, 0.717) is 24.4 Å². The summed E-state index contributed by atoms with van der Waals surface area (Å²) in [7, 11) is 1.52. The Bertz CT molecular complexity index is 681. The molecule has 0 N–H and O–H groups in total. The van der Waals surface area contributed by atoms with Crippen molar-refractivity contribution in [3.63, 3.8) is 0 Å². The second-order valence-corrected chi connectivity index (χ2v) is 6.62. The zero-order chi connectivity index (χ0) is 18.6. The molecule has 1 fully saturated rings. The van der Waals surface area contributed by atoms with E-state index in [1.54, 1.807) is 19.1 Å². The summed E-state index contributed by atoms with van der Waals surface area (Å²) in [6.45, 7) is 2.25. The Morgan fingerprint density at radius 3 is 2.72 bits per heavy atom. The fourth-order valence-electron chi connectivity index (χ4n) is 2.82. The largest absolute Gasteiger partial charge is 0.465 e. The first-order chi connectivity index (χ1) is 11.8. The molecule has 2 rings (SSSR count). The third-order valence-electron chi connectivity index (χ3n) is 4.01. The van der Waals surface area contributed by atoms with Crippen LogP contribution >= 0.6 is 23.2 Å². The summed E-state index contributed by atoms with van der Waals surface area (Å²) in [4.78, 5) is 39.8. The van der Waals surface area contributed by atoms with E-state index in [-0.39, 0.29) is 35.6 Å². The standard InChI is InChI=1S/C17H20Cl2N2O4/c1-3-25-15(22)10-20(2)17(24)14-5-4-8-21(14)16(23)12-9-11(18)6-7-13(12)19/h6-7,9,14H,3-5,8,10H2,1-2H3. The molecule has 0 aromatic heterocycles. The van der Waals surface area contributed by atoms with Crippen LogP contribution in [-0.2, 0) is 14.3 Å². The predicted molar refractivity (Wildman–Crippen MR) is 94.8 cm³/mol. The molecule has 2 amide bonds. The number of hydrogen-bond donors (Lipinski definition) is 0. The highest BCUT2D eigenvalue weighted by Gasteiger charge is 2.37. The van der Waals surface area contributed by atoms with Gasteiger partial charge in [-0.1, -0.05) is 23.2 Å². The number of carbonyl (C=O) groups excluding carboxylic acids is 3. The van der Waals surface area contributed by atoms with E-state index < -0.39 is 12.0 Å². The average Bonchev–Trinajstić information content (AvgIpc) is 3.05. The molecule has 1 aliphatic rings. The first-order valence-electron chi connectivity index (χ1n) is 8.01. The van der Waals surface area contributed by atoms with Gasteiger partial charge in [-0.25, -0.2) is 0 Å². The molecule has 1 atom stereocenters. The maximum atomic E-state index is 12.8. The van der Waals surface area contributed by atoms with E-state index in [9.17, 15) is 14.4 Å². The smallest absolute Gasteiger partial charge is 0.325 e.